The van der Waals surface area contributed by atoms with Crippen molar-refractivity contribution in [1.82, 2.24) is 9.55 Å². The van der Waals surface area contributed by atoms with E-state index < -0.39 is 5.41 Å². The number of ether oxygens (including phenoxy) is 1. The smallest absolute Gasteiger partial charge is 0.137 e. The van der Waals surface area contributed by atoms with Crippen LogP contribution in [0.25, 0.3) is 39.8 Å². The van der Waals surface area contributed by atoms with Crippen molar-refractivity contribution in [3.05, 3.63) is 173 Å². The zero-order valence-corrected chi connectivity index (χ0v) is 32.7. The number of nitrogens with zero attached hydrogens (tertiary/aromatic N) is 6. The minimum Gasteiger partial charge on any atom is -0.457 e. The number of anilines is 5. The van der Waals surface area contributed by atoms with Gasteiger partial charge >= 0.3 is 0 Å². The van der Waals surface area contributed by atoms with Crippen LogP contribution in [0, 0.1) is 0 Å². The molecule has 8 aromatic rings. The molecule has 1 spiro atoms. The Labute approximate surface area is 332 Å². The number of fused-ring (bicyclic) bond motifs is 11. The molecule has 0 radical (unpaired) electrons. The Bertz CT molecular complexity index is 2900. The molecule has 7 nitrogen and oxygen atoms in total. The van der Waals surface area contributed by atoms with Crippen molar-refractivity contribution in [2.75, 3.05) is 61.5 Å². The SMILES string of the molecule is CN(C)c1cccc2c1C1(c3ccc(Oc4ccc5c6ccccc6n(-c6ccccn6)c5c4)cc3N3CN(C)c4cccc1c43)c1c(cccc1N(C)C)C=C2. The number of hydrogen-bond acceptors (Lipinski definition) is 6. The lowest BCUT2D eigenvalue weighted by Gasteiger charge is -2.47. The Morgan fingerprint density at radius 2 is 1.26 bits per heavy atom. The molecule has 0 N–H and O–H groups in total. The van der Waals surface area contributed by atoms with E-state index in [1.165, 1.54) is 61.5 Å². The van der Waals surface area contributed by atoms with Crippen LogP contribution >= 0.6 is 0 Å². The first-order chi connectivity index (χ1) is 27.8. The summed E-state index contributed by atoms with van der Waals surface area (Å²) in [7, 11) is 10.9. The van der Waals surface area contributed by atoms with Gasteiger partial charge in [-0.05, 0) is 76.9 Å². The number of pyridine rings is 1. The number of para-hydroxylation sites is 2. The van der Waals surface area contributed by atoms with E-state index in [4.69, 9.17) is 9.72 Å². The van der Waals surface area contributed by atoms with Crippen molar-refractivity contribution in [3.8, 4) is 17.3 Å². The third kappa shape index (κ3) is 4.63. The third-order valence-electron chi connectivity index (χ3n) is 12.2. The largest absolute Gasteiger partial charge is 0.457 e. The van der Waals surface area contributed by atoms with Crippen LogP contribution < -0.4 is 24.3 Å². The van der Waals surface area contributed by atoms with Gasteiger partial charge in [-0.1, -0.05) is 78.9 Å². The van der Waals surface area contributed by atoms with Crippen molar-refractivity contribution >= 4 is 62.4 Å². The van der Waals surface area contributed by atoms with Gasteiger partial charge in [0.1, 0.15) is 17.3 Å². The van der Waals surface area contributed by atoms with Gasteiger partial charge in [-0.25, -0.2) is 4.98 Å². The number of rotatable bonds is 5. The molecular formula is C50H42N6O. The highest BCUT2D eigenvalue weighted by atomic mass is 16.5. The van der Waals surface area contributed by atoms with Gasteiger partial charge in [0.05, 0.1) is 40.2 Å². The molecule has 57 heavy (non-hydrogen) atoms. The maximum Gasteiger partial charge on any atom is 0.137 e. The predicted molar refractivity (Wildman–Crippen MR) is 236 cm³/mol. The first-order valence-corrected chi connectivity index (χ1v) is 19.5. The molecule has 0 atom stereocenters. The van der Waals surface area contributed by atoms with Gasteiger partial charge in [0.2, 0.25) is 0 Å². The van der Waals surface area contributed by atoms with Crippen LogP contribution in [0.15, 0.2) is 140 Å². The summed E-state index contributed by atoms with van der Waals surface area (Å²) in [5, 5.41) is 2.34. The molecule has 4 heterocycles. The first kappa shape index (κ1) is 33.4. The van der Waals surface area contributed by atoms with Gasteiger partial charge in [0.25, 0.3) is 0 Å². The summed E-state index contributed by atoms with van der Waals surface area (Å²) < 4.78 is 9.15. The van der Waals surface area contributed by atoms with Gasteiger partial charge in [0, 0.05) is 86.8 Å². The van der Waals surface area contributed by atoms with Crippen molar-refractivity contribution in [3.63, 3.8) is 0 Å². The summed E-state index contributed by atoms with van der Waals surface area (Å²) in [5.74, 6) is 2.43. The molecule has 11 rings (SSSR count). The van der Waals surface area contributed by atoms with E-state index in [-0.39, 0.29) is 0 Å². The van der Waals surface area contributed by atoms with Crippen molar-refractivity contribution in [2.45, 2.75) is 5.41 Å². The number of aromatic nitrogens is 2. The van der Waals surface area contributed by atoms with E-state index in [0.29, 0.717) is 0 Å². The maximum absolute atomic E-state index is 6.92. The molecule has 2 aromatic heterocycles. The minimum absolute atomic E-state index is 0.667. The fourth-order valence-electron chi connectivity index (χ4n) is 9.92. The summed E-state index contributed by atoms with van der Waals surface area (Å²) in [5.41, 5.74) is 15.0. The van der Waals surface area contributed by atoms with Crippen LogP contribution in [0.1, 0.15) is 33.4 Å². The topological polar surface area (TPSA) is 40.0 Å². The third-order valence-corrected chi connectivity index (χ3v) is 12.2. The van der Waals surface area contributed by atoms with Crippen molar-refractivity contribution in [2.24, 2.45) is 0 Å². The standard InChI is InChI=1S/C50H42N6O/c1-52(2)41-18-10-13-32-22-23-33-14-11-19-42(53(3)4)48(33)50(47(32)41)38-27-25-35(30-45(38)55-31-54(5)43-20-12-16-39(50)49(43)55)57-34-24-26-37-36-15-6-7-17-40(36)56(44(37)29-34)46-21-8-9-28-51-46/h6-30H,31H2,1-5H3. The summed E-state index contributed by atoms with van der Waals surface area (Å²) in [4.78, 5) is 14.2. The number of benzene rings is 6. The van der Waals surface area contributed by atoms with Crippen LogP contribution in [0.4, 0.5) is 28.4 Å². The average Bonchev–Trinajstić information content (AvgIpc) is 3.70. The van der Waals surface area contributed by atoms with Gasteiger partial charge in [-0.15, -0.1) is 0 Å². The monoisotopic (exact) mass is 742 g/mol. The molecule has 0 bridgehead atoms. The fourth-order valence-corrected chi connectivity index (χ4v) is 9.92. The Balaban J connectivity index is 1.17. The van der Waals surface area contributed by atoms with Gasteiger partial charge in [0.15, 0.2) is 0 Å². The molecule has 0 saturated carbocycles. The van der Waals surface area contributed by atoms with E-state index in [1.807, 2.05) is 18.3 Å². The molecule has 0 unspecified atom stereocenters. The highest BCUT2D eigenvalue weighted by Gasteiger charge is 2.53. The summed E-state index contributed by atoms with van der Waals surface area (Å²) in [6.45, 7) is 0.734. The lowest BCUT2D eigenvalue weighted by molar-refractivity contribution is 0.482. The van der Waals surface area contributed by atoms with Crippen molar-refractivity contribution in [1.29, 1.82) is 0 Å². The molecule has 6 aromatic carbocycles. The number of hydrogen-bond donors (Lipinski definition) is 0. The van der Waals surface area contributed by atoms with E-state index in [9.17, 15) is 0 Å². The quantitative estimate of drug-likeness (QED) is 0.175. The maximum atomic E-state index is 6.92. The normalized spacial score (nSPS) is 14.3. The van der Waals surface area contributed by atoms with Crippen molar-refractivity contribution < 1.29 is 4.74 Å². The Morgan fingerprint density at radius 1 is 0.596 bits per heavy atom. The fraction of sp³-hybridized carbons (Fsp3) is 0.140. The van der Waals surface area contributed by atoms with Crippen LogP contribution in [0.3, 0.4) is 0 Å². The van der Waals surface area contributed by atoms with Crippen LogP contribution in [-0.2, 0) is 5.41 Å². The lowest BCUT2D eigenvalue weighted by atomic mass is 9.60. The Morgan fingerprint density at radius 3 is 1.98 bits per heavy atom. The second-order valence-electron chi connectivity index (χ2n) is 15.8. The van der Waals surface area contributed by atoms with Crippen LogP contribution in [-0.4, -0.2) is 51.5 Å². The molecule has 2 aliphatic heterocycles. The second kappa shape index (κ2) is 12.3. The lowest BCUT2D eigenvalue weighted by Crippen LogP contribution is -2.41. The Hall–Kier alpha value is -6.99. The minimum atomic E-state index is -0.667. The molecule has 278 valence electrons. The highest BCUT2D eigenvalue weighted by Crippen LogP contribution is 2.64. The summed E-state index contributed by atoms with van der Waals surface area (Å²) in [6.07, 6.45) is 6.47. The summed E-state index contributed by atoms with van der Waals surface area (Å²) in [6, 6.07) is 48.1. The van der Waals surface area contributed by atoms with Gasteiger partial charge < -0.3 is 24.3 Å². The second-order valence-corrected chi connectivity index (χ2v) is 15.8. The highest BCUT2D eigenvalue weighted by molar-refractivity contribution is 6.09. The molecule has 1 aliphatic carbocycles. The summed E-state index contributed by atoms with van der Waals surface area (Å²) >= 11 is 0. The van der Waals surface area contributed by atoms with Gasteiger partial charge in [-0.2, -0.15) is 0 Å². The van der Waals surface area contributed by atoms with E-state index in [1.54, 1.807) is 0 Å². The van der Waals surface area contributed by atoms with Crippen LogP contribution in [0.5, 0.6) is 11.5 Å². The van der Waals surface area contributed by atoms with Crippen LogP contribution in [0.2, 0.25) is 0 Å². The van der Waals surface area contributed by atoms with E-state index in [0.717, 1.165) is 46.1 Å². The average molecular weight is 743 g/mol. The zero-order chi connectivity index (χ0) is 38.6. The predicted octanol–water partition coefficient (Wildman–Crippen LogP) is 10.8. The first-order valence-electron chi connectivity index (χ1n) is 19.5. The van der Waals surface area contributed by atoms with E-state index >= 15 is 0 Å². The van der Waals surface area contributed by atoms with E-state index in [2.05, 4.69) is 193 Å². The zero-order valence-electron chi connectivity index (χ0n) is 32.7. The molecule has 7 heteroatoms. The molecule has 0 saturated heterocycles. The molecular weight excluding hydrogens is 701 g/mol. The van der Waals surface area contributed by atoms with Gasteiger partial charge in [-0.3, -0.25) is 4.57 Å². The molecule has 0 amide bonds. The Kier molecular flexibility index (Phi) is 7.17. The molecule has 0 fully saturated rings. The molecule has 3 aliphatic rings.